The molecule has 1 amide bonds. The molecule has 1 aromatic rings. The van der Waals surface area contributed by atoms with Crippen molar-refractivity contribution in [2.75, 3.05) is 6.54 Å². The number of benzene rings is 1. The van der Waals surface area contributed by atoms with Crippen LogP contribution in [0.25, 0.3) is 0 Å². The van der Waals surface area contributed by atoms with E-state index in [0.29, 0.717) is 5.56 Å². The minimum absolute atomic E-state index is 0.0686. The summed E-state index contributed by atoms with van der Waals surface area (Å²) in [5.74, 6) is -2.36. The maximum Gasteiger partial charge on any atom is 0.290 e. The van der Waals surface area contributed by atoms with Gasteiger partial charge in [0.25, 0.3) is 5.91 Å². The van der Waals surface area contributed by atoms with E-state index in [1.165, 1.54) is 36.9 Å². The SMILES string of the molecule is CC(=O)C1=C(O)C(=O)N(CC(C)O)C1c1cccc(F)c1. The first-order chi connectivity index (χ1) is 9.82. The molecule has 1 aliphatic heterocycles. The third-order valence-electron chi connectivity index (χ3n) is 3.31. The van der Waals surface area contributed by atoms with Gasteiger partial charge in [-0.2, -0.15) is 0 Å². The summed E-state index contributed by atoms with van der Waals surface area (Å²) in [7, 11) is 0. The Labute approximate surface area is 121 Å². The van der Waals surface area contributed by atoms with Gasteiger partial charge in [0.15, 0.2) is 11.5 Å². The van der Waals surface area contributed by atoms with E-state index >= 15 is 0 Å². The number of aliphatic hydroxyl groups is 2. The van der Waals surface area contributed by atoms with Crippen molar-refractivity contribution in [3.8, 4) is 0 Å². The van der Waals surface area contributed by atoms with E-state index in [0.717, 1.165) is 0 Å². The number of hydrogen-bond donors (Lipinski definition) is 2. The smallest absolute Gasteiger partial charge is 0.290 e. The lowest BCUT2D eigenvalue weighted by molar-refractivity contribution is -0.130. The molecule has 1 aliphatic rings. The highest BCUT2D eigenvalue weighted by atomic mass is 19.1. The number of hydrogen-bond acceptors (Lipinski definition) is 4. The Hall–Kier alpha value is -2.21. The fraction of sp³-hybridized carbons (Fsp3) is 0.333. The number of Topliss-reactive ketones (excluding diaryl/α,β-unsaturated/α-hetero) is 1. The second-order valence-corrected chi connectivity index (χ2v) is 5.08. The molecule has 0 radical (unpaired) electrons. The highest BCUT2D eigenvalue weighted by molar-refractivity contribution is 6.08. The van der Waals surface area contributed by atoms with Crippen LogP contribution in [-0.4, -0.2) is 39.5 Å². The first-order valence-corrected chi connectivity index (χ1v) is 6.51. The first kappa shape index (κ1) is 15.2. The molecule has 2 atom stereocenters. The van der Waals surface area contributed by atoms with E-state index in [-0.39, 0.29) is 12.1 Å². The lowest BCUT2D eigenvalue weighted by atomic mass is 9.96. The second-order valence-electron chi connectivity index (χ2n) is 5.08. The third kappa shape index (κ3) is 2.80. The summed E-state index contributed by atoms with van der Waals surface area (Å²) < 4.78 is 13.4. The molecule has 0 fully saturated rings. The normalized spacial score (nSPS) is 20.1. The van der Waals surface area contributed by atoms with Gasteiger partial charge in [0.1, 0.15) is 5.82 Å². The molecule has 5 nitrogen and oxygen atoms in total. The van der Waals surface area contributed by atoms with E-state index in [1.807, 2.05) is 0 Å². The highest BCUT2D eigenvalue weighted by Crippen LogP contribution is 2.37. The summed E-state index contributed by atoms with van der Waals surface area (Å²) in [6.45, 7) is 2.65. The highest BCUT2D eigenvalue weighted by Gasteiger charge is 2.42. The zero-order chi connectivity index (χ0) is 15.7. The Bertz CT molecular complexity index is 624. The summed E-state index contributed by atoms with van der Waals surface area (Å²) >= 11 is 0. The molecule has 0 saturated carbocycles. The zero-order valence-corrected chi connectivity index (χ0v) is 11.7. The fourth-order valence-corrected chi connectivity index (χ4v) is 2.51. The number of rotatable bonds is 4. The minimum atomic E-state index is -0.889. The van der Waals surface area contributed by atoms with Crippen molar-refractivity contribution < 1.29 is 24.2 Å². The average molecular weight is 293 g/mol. The molecule has 1 aromatic carbocycles. The van der Waals surface area contributed by atoms with Crippen LogP contribution in [0.3, 0.4) is 0 Å². The molecule has 21 heavy (non-hydrogen) atoms. The lowest BCUT2D eigenvalue weighted by Gasteiger charge is -2.27. The molecule has 112 valence electrons. The van der Waals surface area contributed by atoms with Gasteiger partial charge in [-0.25, -0.2) is 4.39 Å². The topological polar surface area (TPSA) is 77.8 Å². The number of halogens is 1. The molecule has 2 unspecified atom stereocenters. The molecule has 2 N–H and O–H groups in total. The van der Waals surface area contributed by atoms with Crippen molar-refractivity contribution in [2.24, 2.45) is 0 Å². The molecular formula is C15H16FNO4. The van der Waals surface area contributed by atoms with Crippen molar-refractivity contribution in [2.45, 2.75) is 26.0 Å². The van der Waals surface area contributed by atoms with Crippen LogP contribution in [0, 0.1) is 5.82 Å². The summed E-state index contributed by atoms with van der Waals surface area (Å²) in [5.41, 5.74) is 0.296. The van der Waals surface area contributed by atoms with Gasteiger partial charge < -0.3 is 15.1 Å². The van der Waals surface area contributed by atoms with E-state index in [9.17, 15) is 24.2 Å². The summed E-state index contributed by atoms with van der Waals surface area (Å²) in [5, 5.41) is 19.4. The molecular weight excluding hydrogens is 277 g/mol. The molecule has 0 aromatic heterocycles. The number of nitrogens with zero attached hydrogens (tertiary/aromatic N) is 1. The predicted molar refractivity (Wildman–Crippen MR) is 72.9 cm³/mol. The van der Waals surface area contributed by atoms with Crippen LogP contribution in [0.5, 0.6) is 0 Å². The van der Waals surface area contributed by atoms with Gasteiger partial charge in [0.05, 0.1) is 17.7 Å². The van der Waals surface area contributed by atoms with Gasteiger partial charge in [-0.05, 0) is 31.5 Å². The van der Waals surface area contributed by atoms with E-state index in [2.05, 4.69) is 0 Å². The quantitative estimate of drug-likeness (QED) is 0.881. The number of ketones is 1. The molecule has 1 heterocycles. The molecule has 0 saturated heterocycles. The monoisotopic (exact) mass is 293 g/mol. The Morgan fingerprint density at radius 3 is 2.67 bits per heavy atom. The van der Waals surface area contributed by atoms with Crippen molar-refractivity contribution in [3.05, 3.63) is 47.0 Å². The lowest BCUT2D eigenvalue weighted by Crippen LogP contribution is -2.36. The molecule has 0 aliphatic carbocycles. The standard InChI is InChI=1S/C15H16FNO4/c1-8(18)7-17-13(10-4-3-5-11(16)6-10)12(9(2)19)14(20)15(17)21/h3-6,8,13,18,20H,7H2,1-2H3. The summed E-state index contributed by atoms with van der Waals surface area (Å²) in [4.78, 5) is 25.0. The van der Waals surface area contributed by atoms with Gasteiger partial charge in [-0.1, -0.05) is 12.1 Å². The van der Waals surface area contributed by atoms with Crippen LogP contribution in [-0.2, 0) is 9.59 Å². The van der Waals surface area contributed by atoms with E-state index < -0.39 is 35.4 Å². The van der Waals surface area contributed by atoms with Gasteiger partial charge >= 0.3 is 0 Å². The Kier molecular flexibility index (Phi) is 4.09. The predicted octanol–water partition coefficient (Wildman–Crippen LogP) is 1.49. The number of amides is 1. The van der Waals surface area contributed by atoms with Gasteiger partial charge in [-0.15, -0.1) is 0 Å². The van der Waals surface area contributed by atoms with Crippen molar-refractivity contribution >= 4 is 11.7 Å². The molecule has 0 spiro atoms. The fourth-order valence-electron chi connectivity index (χ4n) is 2.51. The van der Waals surface area contributed by atoms with Gasteiger partial charge in [-0.3, -0.25) is 9.59 Å². The van der Waals surface area contributed by atoms with Crippen LogP contribution in [0.15, 0.2) is 35.6 Å². The van der Waals surface area contributed by atoms with E-state index in [4.69, 9.17) is 0 Å². The van der Waals surface area contributed by atoms with Crippen molar-refractivity contribution in [1.82, 2.24) is 4.90 Å². The number of aliphatic hydroxyl groups excluding tert-OH is 2. The van der Waals surface area contributed by atoms with Crippen molar-refractivity contribution in [3.63, 3.8) is 0 Å². The molecule has 2 rings (SSSR count). The van der Waals surface area contributed by atoms with Crippen molar-refractivity contribution in [1.29, 1.82) is 0 Å². The summed E-state index contributed by atoms with van der Waals surface area (Å²) in [6, 6.07) is 4.59. The minimum Gasteiger partial charge on any atom is -0.503 e. The molecule has 6 heteroatoms. The average Bonchev–Trinajstić information content (AvgIpc) is 2.63. The van der Waals surface area contributed by atoms with Crippen LogP contribution in [0.2, 0.25) is 0 Å². The third-order valence-corrected chi connectivity index (χ3v) is 3.31. The van der Waals surface area contributed by atoms with Gasteiger partial charge in [0.2, 0.25) is 0 Å². The largest absolute Gasteiger partial charge is 0.503 e. The summed E-state index contributed by atoms with van der Waals surface area (Å²) in [6.07, 6.45) is -0.843. The van der Waals surface area contributed by atoms with Crippen LogP contribution in [0.1, 0.15) is 25.5 Å². The van der Waals surface area contributed by atoms with Gasteiger partial charge in [0, 0.05) is 6.54 Å². The van der Waals surface area contributed by atoms with Crippen LogP contribution < -0.4 is 0 Å². The van der Waals surface area contributed by atoms with E-state index in [1.54, 1.807) is 6.07 Å². The zero-order valence-electron chi connectivity index (χ0n) is 11.7. The number of carbonyl (C=O) groups excluding carboxylic acids is 2. The Balaban J connectivity index is 2.54. The maximum atomic E-state index is 13.4. The Morgan fingerprint density at radius 1 is 1.48 bits per heavy atom. The number of β-amino-alcohol motifs (C(OH)–C–C–N with tert-alkyl or cyclic N) is 1. The molecule has 0 bridgehead atoms. The second kappa shape index (κ2) is 5.65. The van der Waals surface area contributed by atoms with Crippen LogP contribution in [0.4, 0.5) is 4.39 Å². The number of carbonyl (C=O) groups is 2. The Morgan fingerprint density at radius 2 is 2.14 bits per heavy atom. The van der Waals surface area contributed by atoms with Crippen LogP contribution >= 0.6 is 0 Å². The first-order valence-electron chi connectivity index (χ1n) is 6.51. The maximum absolute atomic E-state index is 13.4.